The van der Waals surface area contributed by atoms with E-state index in [2.05, 4.69) is 5.32 Å². The molecule has 1 N–H and O–H groups in total. The molecule has 0 bridgehead atoms. The fraction of sp³-hybridized carbons (Fsp3) is 0.600. The highest BCUT2D eigenvalue weighted by Crippen LogP contribution is 2.36. The second kappa shape index (κ2) is 8.48. The number of benzene rings is 1. The van der Waals surface area contributed by atoms with Crippen LogP contribution in [0.1, 0.15) is 32.1 Å². The molecule has 3 heterocycles. The van der Waals surface area contributed by atoms with Crippen LogP contribution >= 0.6 is 12.4 Å². The van der Waals surface area contributed by atoms with Crippen molar-refractivity contribution in [2.24, 2.45) is 5.41 Å². The minimum Gasteiger partial charge on any atom is -0.484 e. The van der Waals surface area contributed by atoms with Gasteiger partial charge in [0.25, 0.3) is 5.91 Å². The van der Waals surface area contributed by atoms with Crippen molar-refractivity contribution in [3.63, 3.8) is 0 Å². The molecule has 4 rings (SSSR count). The Bertz CT molecular complexity index is 681. The zero-order chi connectivity index (χ0) is 18.0. The van der Waals surface area contributed by atoms with Gasteiger partial charge in [-0.05, 0) is 49.8 Å². The van der Waals surface area contributed by atoms with Gasteiger partial charge in [-0.3, -0.25) is 9.59 Å². The molecule has 148 valence electrons. The van der Waals surface area contributed by atoms with Crippen molar-refractivity contribution in [3.8, 4) is 5.75 Å². The molecule has 0 aromatic heterocycles. The van der Waals surface area contributed by atoms with Crippen molar-refractivity contribution in [1.82, 2.24) is 10.2 Å². The van der Waals surface area contributed by atoms with E-state index in [0.717, 1.165) is 57.7 Å². The number of halogens is 1. The summed E-state index contributed by atoms with van der Waals surface area (Å²) in [6.45, 7) is 4.66. The number of carbonyl (C=O) groups excluding carboxylic acids is 2. The molecule has 3 fully saturated rings. The Balaban J connectivity index is 0.00000210. The highest BCUT2D eigenvalue weighted by atomic mass is 35.5. The van der Waals surface area contributed by atoms with Crippen molar-refractivity contribution in [2.45, 2.75) is 32.1 Å². The lowest BCUT2D eigenvalue weighted by Gasteiger charge is -2.38. The number of anilines is 1. The molecule has 1 aromatic rings. The van der Waals surface area contributed by atoms with E-state index in [1.54, 1.807) is 4.90 Å². The Kier molecular flexibility index (Phi) is 6.27. The molecule has 0 radical (unpaired) electrons. The number of hydrogen-bond acceptors (Lipinski definition) is 4. The van der Waals surface area contributed by atoms with E-state index in [-0.39, 0.29) is 30.8 Å². The number of ether oxygens (including phenoxy) is 1. The highest BCUT2D eigenvalue weighted by molar-refractivity contribution is 5.95. The predicted molar refractivity (Wildman–Crippen MR) is 107 cm³/mol. The molecular weight excluding hydrogens is 366 g/mol. The molecular formula is C20H28ClN3O3. The van der Waals surface area contributed by atoms with Gasteiger partial charge in [0.2, 0.25) is 5.91 Å². The minimum absolute atomic E-state index is 0. The minimum atomic E-state index is 0. The fourth-order valence-corrected chi connectivity index (χ4v) is 4.35. The van der Waals surface area contributed by atoms with Gasteiger partial charge in [-0.1, -0.05) is 6.07 Å². The average molecular weight is 394 g/mol. The third kappa shape index (κ3) is 4.38. The van der Waals surface area contributed by atoms with E-state index in [1.807, 2.05) is 29.2 Å². The van der Waals surface area contributed by atoms with Gasteiger partial charge in [-0.15, -0.1) is 12.4 Å². The zero-order valence-corrected chi connectivity index (χ0v) is 16.4. The highest BCUT2D eigenvalue weighted by Gasteiger charge is 2.38. The lowest BCUT2D eigenvalue weighted by molar-refractivity contribution is -0.135. The SMILES string of the molecule is Cl.O=C(COc1cccc(N2CCCC2=O)c1)N1CCC2(CCNC2)CC1. The smallest absolute Gasteiger partial charge is 0.260 e. The predicted octanol–water partition coefficient (Wildman–Crippen LogP) is 2.22. The van der Waals surface area contributed by atoms with E-state index in [0.29, 0.717) is 17.6 Å². The van der Waals surface area contributed by atoms with Gasteiger partial charge in [0.05, 0.1) is 0 Å². The summed E-state index contributed by atoms with van der Waals surface area (Å²) in [6, 6.07) is 7.48. The van der Waals surface area contributed by atoms with Crippen LogP contribution in [0.25, 0.3) is 0 Å². The molecule has 3 aliphatic heterocycles. The molecule has 2 amide bonds. The third-order valence-electron chi connectivity index (χ3n) is 6.07. The molecule has 7 heteroatoms. The monoisotopic (exact) mass is 393 g/mol. The Morgan fingerprint density at radius 2 is 2.00 bits per heavy atom. The molecule has 3 saturated heterocycles. The van der Waals surface area contributed by atoms with Crippen molar-refractivity contribution in [2.75, 3.05) is 44.2 Å². The second-order valence-electron chi connectivity index (χ2n) is 7.74. The summed E-state index contributed by atoms with van der Waals surface area (Å²) < 4.78 is 5.73. The van der Waals surface area contributed by atoms with Gasteiger partial charge in [-0.2, -0.15) is 0 Å². The summed E-state index contributed by atoms with van der Waals surface area (Å²) in [4.78, 5) is 28.1. The number of hydrogen-bond donors (Lipinski definition) is 1. The Hall–Kier alpha value is -1.79. The number of likely N-dealkylation sites (tertiary alicyclic amines) is 1. The van der Waals surface area contributed by atoms with Crippen molar-refractivity contribution < 1.29 is 14.3 Å². The van der Waals surface area contributed by atoms with E-state index in [4.69, 9.17) is 4.74 Å². The molecule has 1 spiro atoms. The van der Waals surface area contributed by atoms with Crippen LogP contribution in [0.3, 0.4) is 0 Å². The fourth-order valence-electron chi connectivity index (χ4n) is 4.35. The summed E-state index contributed by atoms with van der Waals surface area (Å²) in [7, 11) is 0. The van der Waals surface area contributed by atoms with Crippen LogP contribution in [-0.2, 0) is 9.59 Å². The number of rotatable bonds is 4. The third-order valence-corrected chi connectivity index (χ3v) is 6.07. The molecule has 0 aliphatic carbocycles. The van der Waals surface area contributed by atoms with Gasteiger partial charge in [0, 0.05) is 44.4 Å². The van der Waals surface area contributed by atoms with Gasteiger partial charge < -0.3 is 19.9 Å². The van der Waals surface area contributed by atoms with Gasteiger partial charge in [0.1, 0.15) is 5.75 Å². The van der Waals surface area contributed by atoms with Crippen LogP contribution in [0.2, 0.25) is 0 Å². The number of carbonyl (C=O) groups is 2. The topological polar surface area (TPSA) is 61.9 Å². The first-order valence-corrected chi connectivity index (χ1v) is 9.67. The standard InChI is InChI=1S/C20H27N3O3.ClH/c24-18-5-2-10-23(18)16-3-1-4-17(13-16)26-14-19(25)22-11-7-20(8-12-22)6-9-21-15-20;/h1,3-4,13,21H,2,5-12,14-15H2;1H. The van der Waals surface area contributed by atoms with E-state index >= 15 is 0 Å². The van der Waals surface area contributed by atoms with Crippen molar-refractivity contribution >= 4 is 29.9 Å². The lowest BCUT2D eigenvalue weighted by Crippen LogP contribution is -2.45. The van der Waals surface area contributed by atoms with Crippen molar-refractivity contribution in [1.29, 1.82) is 0 Å². The van der Waals surface area contributed by atoms with Gasteiger partial charge in [0.15, 0.2) is 6.61 Å². The Labute approximate surface area is 166 Å². The summed E-state index contributed by atoms with van der Waals surface area (Å²) in [5.41, 5.74) is 1.26. The van der Waals surface area contributed by atoms with E-state index < -0.39 is 0 Å². The Morgan fingerprint density at radius 1 is 1.19 bits per heavy atom. The first-order chi connectivity index (χ1) is 12.7. The lowest BCUT2D eigenvalue weighted by atomic mass is 9.78. The number of amides is 2. The summed E-state index contributed by atoms with van der Waals surface area (Å²) in [5, 5.41) is 3.45. The number of nitrogens with zero attached hydrogens (tertiary/aromatic N) is 2. The molecule has 0 unspecified atom stereocenters. The van der Waals surface area contributed by atoms with E-state index in [9.17, 15) is 9.59 Å². The molecule has 0 atom stereocenters. The average Bonchev–Trinajstić information content (AvgIpc) is 3.30. The summed E-state index contributed by atoms with van der Waals surface area (Å²) in [5.74, 6) is 0.847. The maximum atomic E-state index is 12.5. The zero-order valence-electron chi connectivity index (χ0n) is 15.6. The first kappa shape index (κ1) is 20.0. The second-order valence-corrected chi connectivity index (χ2v) is 7.74. The Morgan fingerprint density at radius 3 is 2.67 bits per heavy atom. The maximum Gasteiger partial charge on any atom is 0.260 e. The van der Waals surface area contributed by atoms with Crippen LogP contribution < -0.4 is 15.0 Å². The van der Waals surface area contributed by atoms with Crippen LogP contribution in [-0.4, -0.2) is 56.0 Å². The quantitative estimate of drug-likeness (QED) is 0.852. The molecule has 0 saturated carbocycles. The summed E-state index contributed by atoms with van der Waals surface area (Å²) >= 11 is 0. The largest absolute Gasteiger partial charge is 0.484 e. The number of nitrogens with one attached hydrogen (secondary N) is 1. The first-order valence-electron chi connectivity index (χ1n) is 9.67. The van der Waals surface area contributed by atoms with Gasteiger partial charge in [-0.25, -0.2) is 0 Å². The van der Waals surface area contributed by atoms with Crippen LogP contribution in [0.15, 0.2) is 24.3 Å². The van der Waals surface area contributed by atoms with Crippen LogP contribution in [0, 0.1) is 5.41 Å². The summed E-state index contributed by atoms with van der Waals surface area (Å²) in [6.07, 6.45) is 4.90. The normalized spacial score (nSPS) is 21.4. The maximum absolute atomic E-state index is 12.5. The molecule has 27 heavy (non-hydrogen) atoms. The molecule has 6 nitrogen and oxygen atoms in total. The van der Waals surface area contributed by atoms with Crippen LogP contribution in [0.4, 0.5) is 5.69 Å². The molecule has 3 aliphatic rings. The van der Waals surface area contributed by atoms with Crippen LogP contribution in [0.5, 0.6) is 5.75 Å². The van der Waals surface area contributed by atoms with Crippen molar-refractivity contribution in [3.05, 3.63) is 24.3 Å². The van der Waals surface area contributed by atoms with Gasteiger partial charge >= 0.3 is 0 Å². The number of piperidine rings is 1. The van der Waals surface area contributed by atoms with E-state index in [1.165, 1.54) is 6.42 Å². The molecule has 1 aromatic carbocycles.